The van der Waals surface area contributed by atoms with Crippen LogP contribution in [0, 0.1) is 19.8 Å². The van der Waals surface area contributed by atoms with Crippen LogP contribution in [0.3, 0.4) is 0 Å². The van der Waals surface area contributed by atoms with Gasteiger partial charge in [0.05, 0.1) is 10.9 Å². The van der Waals surface area contributed by atoms with Crippen molar-refractivity contribution in [3.63, 3.8) is 0 Å². The van der Waals surface area contributed by atoms with Crippen LogP contribution in [0.15, 0.2) is 53.4 Å². The van der Waals surface area contributed by atoms with Crippen LogP contribution < -0.4 is 5.73 Å². The first kappa shape index (κ1) is 23.1. The van der Waals surface area contributed by atoms with Crippen molar-refractivity contribution in [1.82, 2.24) is 25.1 Å². The van der Waals surface area contributed by atoms with Gasteiger partial charge in [0.25, 0.3) is 0 Å². The van der Waals surface area contributed by atoms with E-state index in [2.05, 4.69) is 20.4 Å². The highest BCUT2D eigenvalue weighted by Crippen LogP contribution is 2.32. The zero-order chi connectivity index (χ0) is 23.6. The van der Waals surface area contributed by atoms with E-state index in [-0.39, 0.29) is 28.6 Å². The van der Waals surface area contributed by atoms with Crippen molar-refractivity contribution < 1.29 is 13.2 Å². The molecule has 2 heterocycles. The molecule has 0 bridgehead atoms. The van der Waals surface area contributed by atoms with Crippen LogP contribution >= 0.6 is 0 Å². The van der Waals surface area contributed by atoms with Gasteiger partial charge in [0.2, 0.25) is 5.91 Å². The normalized spacial score (nSPS) is 16.5. The Morgan fingerprint density at radius 3 is 2.18 bits per heavy atom. The average Bonchev–Trinajstić information content (AvgIpc) is 3.23. The summed E-state index contributed by atoms with van der Waals surface area (Å²) in [6.07, 6.45) is 1.28. The molecule has 3 aromatic rings. The molecule has 0 unspecified atom stereocenters. The molecule has 1 fully saturated rings. The number of tetrazole rings is 1. The summed E-state index contributed by atoms with van der Waals surface area (Å²) in [6.45, 7) is 5.17. The summed E-state index contributed by atoms with van der Waals surface area (Å²) in [5, 5.41) is 12.1. The maximum atomic E-state index is 13.1. The van der Waals surface area contributed by atoms with Crippen molar-refractivity contribution in [3.8, 4) is 0 Å². The number of hydrogen-bond acceptors (Lipinski definition) is 7. The molecule has 2 N–H and O–H groups in total. The van der Waals surface area contributed by atoms with Gasteiger partial charge in [-0.3, -0.25) is 9.69 Å². The Kier molecular flexibility index (Phi) is 6.57. The summed E-state index contributed by atoms with van der Waals surface area (Å²) >= 11 is 0. The van der Waals surface area contributed by atoms with E-state index in [0.29, 0.717) is 31.8 Å². The zero-order valence-electron chi connectivity index (χ0n) is 18.8. The molecule has 4 rings (SSSR count). The van der Waals surface area contributed by atoms with E-state index in [1.165, 1.54) is 4.68 Å². The third kappa shape index (κ3) is 5.12. The average molecular weight is 469 g/mol. The third-order valence-electron chi connectivity index (χ3n) is 6.17. The van der Waals surface area contributed by atoms with Crippen molar-refractivity contribution in [2.24, 2.45) is 11.7 Å². The number of carbonyl (C=O) groups is 1. The number of carbonyl (C=O) groups excluding carboxylic acids is 1. The molecule has 1 aliphatic heterocycles. The Labute approximate surface area is 193 Å². The van der Waals surface area contributed by atoms with E-state index in [9.17, 15) is 13.2 Å². The highest BCUT2D eigenvalue weighted by molar-refractivity contribution is 7.90. The molecule has 1 atom stereocenters. The highest BCUT2D eigenvalue weighted by Gasteiger charge is 2.33. The Morgan fingerprint density at radius 1 is 1.03 bits per heavy atom. The molecule has 0 radical (unpaired) electrons. The lowest BCUT2D eigenvalue weighted by atomic mass is 9.93. The molecule has 2 aromatic carbocycles. The summed E-state index contributed by atoms with van der Waals surface area (Å²) in [4.78, 5) is 14.0. The topological polar surface area (TPSA) is 124 Å². The summed E-state index contributed by atoms with van der Waals surface area (Å²) in [6, 6.07) is 14.4. The molecule has 1 aromatic heterocycles. The summed E-state index contributed by atoms with van der Waals surface area (Å²) < 4.78 is 27.5. The van der Waals surface area contributed by atoms with Gasteiger partial charge in [0, 0.05) is 5.92 Å². The molecule has 0 aliphatic carbocycles. The van der Waals surface area contributed by atoms with Gasteiger partial charge in [-0.25, -0.2) is 13.1 Å². The Hall–Kier alpha value is -3.11. The first-order chi connectivity index (χ1) is 15.7. The highest BCUT2D eigenvalue weighted by atomic mass is 32.2. The van der Waals surface area contributed by atoms with Crippen molar-refractivity contribution >= 4 is 15.7 Å². The standard InChI is InChI=1S/C23H28N6O3S/c1-16-3-7-18(8-4-16)21(28-13-11-19(12-14-28)22(24)30)23-25-26-27-29(23)15-33(31,32)20-9-5-17(2)6-10-20/h3-10,19,21H,11-15H2,1-2H3,(H2,24,30)/t21-/m0/s1. The minimum Gasteiger partial charge on any atom is -0.369 e. The second-order valence-electron chi connectivity index (χ2n) is 8.62. The van der Waals surface area contributed by atoms with E-state index in [1.807, 2.05) is 38.1 Å². The van der Waals surface area contributed by atoms with Crippen LogP contribution in [0.1, 0.15) is 41.4 Å². The molecule has 174 valence electrons. The summed E-state index contributed by atoms with van der Waals surface area (Å²) in [5.74, 6) is -0.348. The molecular formula is C23H28N6O3S. The number of sulfone groups is 1. The smallest absolute Gasteiger partial charge is 0.220 e. The van der Waals surface area contributed by atoms with Crippen LogP contribution in [-0.4, -0.2) is 52.5 Å². The monoisotopic (exact) mass is 468 g/mol. The van der Waals surface area contributed by atoms with Crippen LogP contribution in [0.5, 0.6) is 0 Å². The zero-order valence-corrected chi connectivity index (χ0v) is 19.6. The maximum Gasteiger partial charge on any atom is 0.220 e. The lowest BCUT2D eigenvalue weighted by Gasteiger charge is -2.36. The number of nitrogens with two attached hydrogens (primary N) is 1. The number of aryl methyl sites for hydroxylation is 2. The van der Waals surface area contributed by atoms with Gasteiger partial charge < -0.3 is 5.73 Å². The minimum atomic E-state index is -3.65. The van der Waals surface area contributed by atoms with Crippen LogP contribution in [0.25, 0.3) is 0 Å². The predicted molar refractivity (Wildman–Crippen MR) is 123 cm³/mol. The number of rotatable bonds is 7. The number of benzene rings is 2. The van der Waals surface area contributed by atoms with Gasteiger partial charge >= 0.3 is 0 Å². The van der Waals surface area contributed by atoms with Crippen LogP contribution in [0.2, 0.25) is 0 Å². The minimum absolute atomic E-state index is 0.155. The van der Waals surface area contributed by atoms with Gasteiger partial charge in [-0.2, -0.15) is 0 Å². The molecule has 0 spiro atoms. The number of likely N-dealkylation sites (tertiary alicyclic amines) is 1. The maximum absolute atomic E-state index is 13.1. The molecule has 1 aliphatic rings. The number of primary amides is 1. The molecule has 10 heteroatoms. The molecule has 1 saturated heterocycles. The van der Waals surface area contributed by atoms with E-state index < -0.39 is 9.84 Å². The third-order valence-corrected chi connectivity index (χ3v) is 7.74. The Morgan fingerprint density at radius 2 is 1.61 bits per heavy atom. The Bertz CT molecular complexity index is 1210. The lowest BCUT2D eigenvalue weighted by molar-refractivity contribution is -0.123. The molecule has 0 saturated carbocycles. The largest absolute Gasteiger partial charge is 0.369 e. The second-order valence-corrected chi connectivity index (χ2v) is 10.6. The fourth-order valence-electron chi connectivity index (χ4n) is 4.19. The Balaban J connectivity index is 1.67. The van der Waals surface area contributed by atoms with Crippen molar-refractivity contribution in [2.45, 2.75) is 43.5 Å². The number of hydrogen-bond donors (Lipinski definition) is 1. The fourth-order valence-corrected chi connectivity index (χ4v) is 5.40. The molecule has 9 nitrogen and oxygen atoms in total. The van der Waals surface area contributed by atoms with E-state index in [1.54, 1.807) is 24.3 Å². The predicted octanol–water partition coefficient (Wildman–Crippen LogP) is 2.01. The first-order valence-electron chi connectivity index (χ1n) is 10.9. The van der Waals surface area contributed by atoms with Gasteiger partial charge in [0.15, 0.2) is 21.5 Å². The molecular weight excluding hydrogens is 440 g/mol. The number of aromatic nitrogens is 4. The molecule has 1 amide bonds. The second kappa shape index (κ2) is 9.40. The SMILES string of the molecule is Cc1ccc([C@@H](c2nnnn2CS(=O)(=O)c2ccc(C)cc2)N2CCC(C(N)=O)CC2)cc1. The molecule has 33 heavy (non-hydrogen) atoms. The van der Waals surface area contributed by atoms with Crippen molar-refractivity contribution in [2.75, 3.05) is 13.1 Å². The van der Waals surface area contributed by atoms with Gasteiger partial charge in [0.1, 0.15) is 0 Å². The summed E-state index contributed by atoms with van der Waals surface area (Å²) in [7, 11) is -3.65. The van der Waals surface area contributed by atoms with E-state index >= 15 is 0 Å². The quantitative estimate of drug-likeness (QED) is 0.562. The van der Waals surface area contributed by atoms with Gasteiger partial charge in [-0.05, 0) is 67.9 Å². The first-order valence-corrected chi connectivity index (χ1v) is 12.6. The van der Waals surface area contributed by atoms with E-state index in [0.717, 1.165) is 16.7 Å². The van der Waals surface area contributed by atoms with E-state index in [4.69, 9.17) is 5.73 Å². The number of nitrogens with zero attached hydrogens (tertiary/aromatic N) is 5. The van der Waals surface area contributed by atoms with Gasteiger partial charge in [-0.15, -0.1) is 5.10 Å². The van der Waals surface area contributed by atoms with Crippen LogP contribution in [0.4, 0.5) is 0 Å². The van der Waals surface area contributed by atoms with Crippen LogP contribution in [-0.2, 0) is 20.5 Å². The lowest BCUT2D eigenvalue weighted by Crippen LogP contribution is -2.41. The summed E-state index contributed by atoms with van der Waals surface area (Å²) in [5.41, 5.74) is 8.57. The fraction of sp³-hybridized carbons (Fsp3) is 0.391. The number of amides is 1. The number of piperidine rings is 1. The van der Waals surface area contributed by atoms with Gasteiger partial charge in [-0.1, -0.05) is 47.5 Å². The van der Waals surface area contributed by atoms with Crippen molar-refractivity contribution in [1.29, 1.82) is 0 Å². The van der Waals surface area contributed by atoms with Crippen molar-refractivity contribution in [3.05, 3.63) is 71.0 Å².